The van der Waals surface area contributed by atoms with E-state index in [4.69, 9.17) is 4.74 Å². The summed E-state index contributed by atoms with van der Waals surface area (Å²) in [6, 6.07) is 7.58. The number of ether oxygens (including phenoxy) is 1. The van der Waals surface area contributed by atoms with Gasteiger partial charge in [-0.25, -0.2) is 9.78 Å². The fourth-order valence-electron chi connectivity index (χ4n) is 1.69. The summed E-state index contributed by atoms with van der Waals surface area (Å²) in [5.74, 6) is -0.228. The van der Waals surface area contributed by atoms with Gasteiger partial charge >= 0.3 is 5.97 Å². The Morgan fingerprint density at radius 1 is 1.42 bits per heavy atom. The molecule has 1 heterocycles. The minimum absolute atomic E-state index is 0.0850. The zero-order valence-electron chi connectivity index (χ0n) is 10.8. The molecule has 0 spiro atoms. The maximum absolute atomic E-state index is 11.8. The van der Waals surface area contributed by atoms with Crippen LogP contribution in [0.5, 0.6) is 0 Å². The van der Waals surface area contributed by atoms with Crippen LogP contribution in [0.1, 0.15) is 22.8 Å². The molecule has 0 radical (unpaired) electrons. The van der Waals surface area contributed by atoms with Crippen molar-refractivity contribution >= 4 is 5.97 Å². The summed E-state index contributed by atoms with van der Waals surface area (Å²) < 4.78 is 4.77. The van der Waals surface area contributed by atoms with Gasteiger partial charge < -0.3 is 9.72 Å². The number of aryl methyl sites for hydroxylation is 1. The van der Waals surface area contributed by atoms with Crippen LogP contribution in [-0.2, 0) is 4.74 Å². The Balaban J connectivity index is 2.39. The van der Waals surface area contributed by atoms with Gasteiger partial charge in [-0.2, -0.15) is 0 Å². The molecular weight excluding hydrogens is 244 g/mol. The van der Waals surface area contributed by atoms with Crippen molar-refractivity contribution < 1.29 is 9.53 Å². The molecule has 1 aromatic heterocycles. The lowest BCUT2D eigenvalue weighted by atomic mass is 10.1. The van der Waals surface area contributed by atoms with Crippen LogP contribution in [0.3, 0.4) is 0 Å². The van der Waals surface area contributed by atoms with Crippen molar-refractivity contribution in [3.8, 4) is 11.4 Å². The second-order valence-corrected chi connectivity index (χ2v) is 4.06. The number of H-pyrrole nitrogens is 1. The fraction of sp³-hybridized carbons (Fsp3) is 0.214. The van der Waals surface area contributed by atoms with Crippen molar-refractivity contribution in [3.05, 3.63) is 51.9 Å². The van der Waals surface area contributed by atoms with E-state index in [1.807, 2.05) is 31.2 Å². The van der Waals surface area contributed by atoms with Gasteiger partial charge in [0.25, 0.3) is 5.56 Å². The average molecular weight is 258 g/mol. The topological polar surface area (TPSA) is 72.0 Å². The molecule has 0 amide bonds. The Bertz CT molecular complexity index is 662. The molecule has 1 N–H and O–H groups in total. The lowest BCUT2D eigenvalue weighted by Crippen LogP contribution is -2.20. The lowest BCUT2D eigenvalue weighted by molar-refractivity contribution is 0.0524. The molecule has 1 aromatic carbocycles. The standard InChI is InChI=1S/C14H14N2O3/c1-3-19-14(18)11-8-15-12(16-13(11)17)10-6-4-5-9(2)7-10/h4-8H,3H2,1-2H3,(H,15,16,17). The number of carbonyl (C=O) groups excluding carboxylic acids is 1. The van der Waals surface area contributed by atoms with Crippen LogP contribution >= 0.6 is 0 Å². The summed E-state index contributed by atoms with van der Waals surface area (Å²) in [5.41, 5.74) is 1.28. The van der Waals surface area contributed by atoms with E-state index in [0.29, 0.717) is 5.82 Å². The zero-order valence-corrected chi connectivity index (χ0v) is 10.8. The number of nitrogens with one attached hydrogen (secondary N) is 1. The maximum Gasteiger partial charge on any atom is 0.345 e. The first-order valence-corrected chi connectivity index (χ1v) is 5.95. The zero-order chi connectivity index (χ0) is 13.8. The third kappa shape index (κ3) is 2.88. The second-order valence-electron chi connectivity index (χ2n) is 4.06. The smallest absolute Gasteiger partial charge is 0.345 e. The molecule has 0 atom stereocenters. The Morgan fingerprint density at radius 3 is 2.84 bits per heavy atom. The van der Waals surface area contributed by atoms with Crippen molar-refractivity contribution in [2.75, 3.05) is 6.61 Å². The summed E-state index contributed by atoms with van der Waals surface area (Å²) in [4.78, 5) is 30.0. The number of hydrogen-bond donors (Lipinski definition) is 1. The SMILES string of the molecule is CCOC(=O)c1cnc(-c2cccc(C)c2)[nH]c1=O. The minimum Gasteiger partial charge on any atom is -0.462 e. The molecule has 98 valence electrons. The fourth-order valence-corrected chi connectivity index (χ4v) is 1.69. The first-order chi connectivity index (χ1) is 9.11. The number of rotatable bonds is 3. The molecule has 0 aliphatic rings. The third-order valence-electron chi connectivity index (χ3n) is 2.59. The van der Waals surface area contributed by atoms with E-state index >= 15 is 0 Å². The van der Waals surface area contributed by atoms with Gasteiger partial charge in [0.1, 0.15) is 11.4 Å². The highest BCUT2D eigenvalue weighted by atomic mass is 16.5. The van der Waals surface area contributed by atoms with Gasteiger partial charge in [-0.3, -0.25) is 4.79 Å². The van der Waals surface area contributed by atoms with Crippen molar-refractivity contribution in [3.63, 3.8) is 0 Å². The molecule has 0 saturated carbocycles. The van der Waals surface area contributed by atoms with Crippen LogP contribution in [0.15, 0.2) is 35.3 Å². The highest BCUT2D eigenvalue weighted by Crippen LogP contribution is 2.14. The van der Waals surface area contributed by atoms with Crippen molar-refractivity contribution in [2.45, 2.75) is 13.8 Å². The molecule has 0 saturated heterocycles. The molecule has 0 fully saturated rings. The molecule has 5 nitrogen and oxygen atoms in total. The van der Waals surface area contributed by atoms with E-state index in [1.54, 1.807) is 6.92 Å². The highest BCUT2D eigenvalue weighted by Gasteiger charge is 2.13. The van der Waals surface area contributed by atoms with E-state index in [-0.39, 0.29) is 12.2 Å². The van der Waals surface area contributed by atoms with Crippen LogP contribution in [0.4, 0.5) is 0 Å². The van der Waals surface area contributed by atoms with Gasteiger partial charge in [-0.05, 0) is 19.9 Å². The van der Waals surface area contributed by atoms with Crippen LogP contribution in [0.25, 0.3) is 11.4 Å². The molecule has 5 heteroatoms. The molecule has 19 heavy (non-hydrogen) atoms. The Hall–Kier alpha value is -2.43. The van der Waals surface area contributed by atoms with Crippen LogP contribution < -0.4 is 5.56 Å². The number of hydrogen-bond acceptors (Lipinski definition) is 4. The quantitative estimate of drug-likeness (QED) is 0.854. The first-order valence-electron chi connectivity index (χ1n) is 5.95. The maximum atomic E-state index is 11.8. The third-order valence-corrected chi connectivity index (χ3v) is 2.59. The summed E-state index contributed by atoms with van der Waals surface area (Å²) in [6.45, 7) is 3.85. The first kappa shape index (κ1) is 13.0. The van der Waals surface area contributed by atoms with E-state index in [1.165, 1.54) is 6.20 Å². The van der Waals surface area contributed by atoms with Crippen LogP contribution in [0, 0.1) is 6.92 Å². The van der Waals surface area contributed by atoms with Gasteiger partial charge in [-0.1, -0.05) is 23.8 Å². The number of benzene rings is 1. The molecule has 0 aliphatic heterocycles. The molecule has 0 aliphatic carbocycles. The molecule has 2 rings (SSSR count). The van der Waals surface area contributed by atoms with E-state index in [9.17, 15) is 9.59 Å². The predicted molar refractivity (Wildman–Crippen MR) is 71.0 cm³/mol. The van der Waals surface area contributed by atoms with Crippen LogP contribution in [0.2, 0.25) is 0 Å². The summed E-state index contributed by atoms with van der Waals surface area (Å²) in [7, 11) is 0. The normalized spacial score (nSPS) is 10.2. The number of carbonyl (C=O) groups is 1. The largest absolute Gasteiger partial charge is 0.462 e. The molecule has 2 aromatic rings. The van der Waals surface area contributed by atoms with Gasteiger partial charge in [0.2, 0.25) is 0 Å². The number of aromatic amines is 1. The van der Waals surface area contributed by atoms with E-state index in [2.05, 4.69) is 9.97 Å². The van der Waals surface area contributed by atoms with Gasteiger partial charge in [-0.15, -0.1) is 0 Å². The van der Waals surface area contributed by atoms with E-state index < -0.39 is 11.5 Å². The predicted octanol–water partition coefficient (Wildman–Crippen LogP) is 1.92. The lowest BCUT2D eigenvalue weighted by Gasteiger charge is -2.04. The van der Waals surface area contributed by atoms with Gasteiger partial charge in [0.05, 0.1) is 6.61 Å². The summed E-state index contributed by atoms with van der Waals surface area (Å²) in [5, 5.41) is 0. The Morgan fingerprint density at radius 2 is 2.21 bits per heavy atom. The van der Waals surface area contributed by atoms with Crippen molar-refractivity contribution in [1.29, 1.82) is 0 Å². The summed E-state index contributed by atoms with van der Waals surface area (Å²) >= 11 is 0. The summed E-state index contributed by atoms with van der Waals surface area (Å²) in [6.07, 6.45) is 1.24. The monoisotopic (exact) mass is 258 g/mol. The Kier molecular flexibility index (Phi) is 3.75. The number of esters is 1. The van der Waals surface area contributed by atoms with E-state index in [0.717, 1.165) is 11.1 Å². The average Bonchev–Trinajstić information content (AvgIpc) is 2.38. The number of aromatic nitrogens is 2. The molecule has 0 bridgehead atoms. The van der Waals surface area contributed by atoms with Gasteiger partial charge in [0, 0.05) is 11.8 Å². The molecular formula is C14H14N2O3. The van der Waals surface area contributed by atoms with Crippen molar-refractivity contribution in [2.24, 2.45) is 0 Å². The molecule has 0 unspecified atom stereocenters. The highest BCUT2D eigenvalue weighted by molar-refractivity contribution is 5.88. The van der Waals surface area contributed by atoms with Crippen molar-refractivity contribution in [1.82, 2.24) is 9.97 Å². The van der Waals surface area contributed by atoms with Crippen LogP contribution in [-0.4, -0.2) is 22.5 Å². The minimum atomic E-state index is -0.660. The second kappa shape index (κ2) is 5.48. The Labute approximate surface area is 110 Å². The number of nitrogens with zero attached hydrogens (tertiary/aromatic N) is 1. The van der Waals surface area contributed by atoms with Gasteiger partial charge in [0.15, 0.2) is 0 Å².